The molecular formula is C11H8BrN3O2. The van der Waals surface area contributed by atoms with Crippen molar-refractivity contribution in [3.05, 3.63) is 33.3 Å². The van der Waals surface area contributed by atoms with Crippen LogP contribution in [0.15, 0.2) is 27.6 Å². The van der Waals surface area contributed by atoms with Crippen LogP contribution in [0.1, 0.15) is 0 Å². The summed E-state index contributed by atoms with van der Waals surface area (Å²) >= 11 is 3.42. The van der Waals surface area contributed by atoms with Gasteiger partial charge in [-0.15, -0.1) is 0 Å². The molecule has 0 saturated heterocycles. The van der Waals surface area contributed by atoms with E-state index >= 15 is 0 Å². The van der Waals surface area contributed by atoms with Crippen molar-refractivity contribution in [2.24, 2.45) is 0 Å². The van der Waals surface area contributed by atoms with Crippen LogP contribution < -0.4 is 10.4 Å². The van der Waals surface area contributed by atoms with Gasteiger partial charge in [-0.3, -0.25) is 4.98 Å². The number of methoxy groups -OCH3 is 1. The number of halogens is 1. The van der Waals surface area contributed by atoms with E-state index in [0.29, 0.717) is 11.3 Å². The van der Waals surface area contributed by atoms with Crippen LogP contribution in [-0.4, -0.2) is 22.1 Å². The summed E-state index contributed by atoms with van der Waals surface area (Å²) in [6.07, 6.45) is 1.63. The smallest absolute Gasteiger partial charge is 0.323 e. The third-order valence-electron chi connectivity index (χ3n) is 2.63. The quantitative estimate of drug-likeness (QED) is 0.722. The molecule has 0 fully saturated rings. The molecule has 0 unspecified atom stereocenters. The predicted octanol–water partition coefficient (Wildman–Crippen LogP) is 2.18. The Morgan fingerprint density at radius 3 is 2.94 bits per heavy atom. The number of ether oxygens (including phenoxy) is 1. The van der Waals surface area contributed by atoms with E-state index in [-0.39, 0.29) is 5.69 Å². The van der Waals surface area contributed by atoms with Crippen LogP contribution >= 0.6 is 15.9 Å². The molecule has 0 saturated carbocycles. The van der Waals surface area contributed by atoms with Gasteiger partial charge in [0.15, 0.2) is 0 Å². The zero-order chi connectivity index (χ0) is 12.0. The zero-order valence-corrected chi connectivity index (χ0v) is 10.5. The normalized spacial score (nSPS) is 11.2. The third kappa shape index (κ3) is 1.52. The molecule has 5 nitrogen and oxygen atoms in total. The molecular weight excluding hydrogens is 286 g/mol. The number of imidazole rings is 1. The Hall–Kier alpha value is -1.82. The first-order valence-corrected chi connectivity index (χ1v) is 5.72. The van der Waals surface area contributed by atoms with Crippen LogP contribution in [0.5, 0.6) is 5.75 Å². The van der Waals surface area contributed by atoms with Gasteiger partial charge in [-0.1, -0.05) is 0 Å². The average Bonchev–Trinajstić information content (AvgIpc) is 2.69. The van der Waals surface area contributed by atoms with E-state index in [1.54, 1.807) is 13.3 Å². The molecule has 17 heavy (non-hydrogen) atoms. The Kier molecular flexibility index (Phi) is 2.19. The van der Waals surface area contributed by atoms with Gasteiger partial charge in [-0.25, -0.2) is 4.79 Å². The summed E-state index contributed by atoms with van der Waals surface area (Å²) in [5.41, 5.74) is 1.98. The molecule has 2 heterocycles. The number of hydrogen-bond donors (Lipinski definition) is 2. The molecule has 2 N–H and O–H groups in total. The highest BCUT2D eigenvalue weighted by Gasteiger charge is 2.09. The van der Waals surface area contributed by atoms with Crippen LogP contribution in [0.4, 0.5) is 0 Å². The molecule has 3 aromatic rings. The van der Waals surface area contributed by atoms with E-state index < -0.39 is 0 Å². The monoisotopic (exact) mass is 293 g/mol. The van der Waals surface area contributed by atoms with E-state index in [1.807, 2.05) is 12.1 Å². The molecule has 0 spiro atoms. The van der Waals surface area contributed by atoms with E-state index in [9.17, 15) is 4.79 Å². The van der Waals surface area contributed by atoms with Crippen molar-refractivity contribution in [2.45, 2.75) is 0 Å². The molecule has 0 bridgehead atoms. The van der Waals surface area contributed by atoms with Crippen LogP contribution in [0.3, 0.4) is 0 Å². The van der Waals surface area contributed by atoms with E-state index in [2.05, 4.69) is 30.9 Å². The van der Waals surface area contributed by atoms with Crippen molar-refractivity contribution < 1.29 is 4.74 Å². The van der Waals surface area contributed by atoms with Gasteiger partial charge in [0.05, 0.1) is 34.3 Å². The summed E-state index contributed by atoms with van der Waals surface area (Å²) in [6.45, 7) is 0. The fourth-order valence-corrected chi connectivity index (χ4v) is 2.35. The fraction of sp³-hybridized carbons (Fsp3) is 0.0909. The second-order valence-corrected chi connectivity index (χ2v) is 4.48. The molecule has 3 rings (SSSR count). The highest BCUT2D eigenvalue weighted by molar-refractivity contribution is 9.10. The lowest BCUT2D eigenvalue weighted by atomic mass is 10.2. The lowest BCUT2D eigenvalue weighted by Crippen LogP contribution is -1.99. The van der Waals surface area contributed by atoms with Gasteiger partial charge >= 0.3 is 5.69 Å². The number of benzene rings is 1. The SMILES string of the molecule is COc1cc2ncc3[nH]c(=O)[nH]c3c2cc1Br. The molecule has 0 radical (unpaired) electrons. The molecule has 0 aliphatic rings. The molecule has 1 aromatic carbocycles. The first-order valence-electron chi connectivity index (χ1n) is 4.93. The van der Waals surface area contributed by atoms with Crippen molar-refractivity contribution in [1.29, 1.82) is 0 Å². The summed E-state index contributed by atoms with van der Waals surface area (Å²) in [7, 11) is 1.60. The minimum atomic E-state index is -0.235. The fourth-order valence-electron chi connectivity index (χ4n) is 1.85. The second kappa shape index (κ2) is 3.59. The first-order chi connectivity index (χ1) is 8.19. The Morgan fingerprint density at radius 1 is 1.35 bits per heavy atom. The maximum absolute atomic E-state index is 11.3. The van der Waals surface area contributed by atoms with Gasteiger partial charge in [0.1, 0.15) is 5.75 Å². The number of pyridine rings is 1. The van der Waals surface area contributed by atoms with Crippen LogP contribution in [0.2, 0.25) is 0 Å². The summed E-state index contributed by atoms with van der Waals surface area (Å²) in [4.78, 5) is 21.0. The van der Waals surface area contributed by atoms with E-state index in [0.717, 1.165) is 20.9 Å². The summed E-state index contributed by atoms with van der Waals surface area (Å²) < 4.78 is 6.03. The van der Waals surface area contributed by atoms with Crippen molar-refractivity contribution in [1.82, 2.24) is 15.0 Å². The molecule has 6 heteroatoms. The van der Waals surface area contributed by atoms with Gasteiger partial charge in [0, 0.05) is 11.5 Å². The van der Waals surface area contributed by atoms with E-state index in [1.165, 1.54) is 0 Å². The number of aromatic nitrogens is 3. The summed E-state index contributed by atoms with van der Waals surface area (Å²) in [5, 5.41) is 0.869. The Morgan fingerprint density at radius 2 is 2.18 bits per heavy atom. The lowest BCUT2D eigenvalue weighted by molar-refractivity contribution is 0.412. The molecule has 0 aliphatic heterocycles. The van der Waals surface area contributed by atoms with Gasteiger partial charge in [-0.2, -0.15) is 0 Å². The topological polar surface area (TPSA) is 70.8 Å². The Labute approximate surface area is 104 Å². The van der Waals surface area contributed by atoms with Gasteiger partial charge in [0.25, 0.3) is 0 Å². The molecule has 2 aromatic heterocycles. The van der Waals surface area contributed by atoms with Crippen molar-refractivity contribution in [3.8, 4) is 5.75 Å². The predicted molar refractivity (Wildman–Crippen MR) is 68.5 cm³/mol. The highest BCUT2D eigenvalue weighted by Crippen LogP contribution is 2.31. The Bertz CT molecular complexity index is 775. The first kappa shape index (κ1) is 10.3. The molecule has 86 valence electrons. The Balaban J connectivity index is 2.49. The minimum Gasteiger partial charge on any atom is -0.495 e. The van der Waals surface area contributed by atoms with Crippen LogP contribution in [0.25, 0.3) is 21.9 Å². The van der Waals surface area contributed by atoms with Crippen molar-refractivity contribution in [3.63, 3.8) is 0 Å². The number of rotatable bonds is 1. The largest absolute Gasteiger partial charge is 0.495 e. The highest BCUT2D eigenvalue weighted by atomic mass is 79.9. The minimum absolute atomic E-state index is 0.235. The average molecular weight is 294 g/mol. The number of aromatic amines is 2. The number of nitrogens with zero attached hydrogens (tertiary/aromatic N) is 1. The van der Waals surface area contributed by atoms with Crippen LogP contribution in [-0.2, 0) is 0 Å². The molecule has 0 amide bonds. The van der Waals surface area contributed by atoms with Gasteiger partial charge in [-0.05, 0) is 22.0 Å². The van der Waals surface area contributed by atoms with E-state index in [4.69, 9.17) is 4.74 Å². The number of hydrogen-bond acceptors (Lipinski definition) is 3. The zero-order valence-electron chi connectivity index (χ0n) is 8.87. The van der Waals surface area contributed by atoms with Crippen molar-refractivity contribution in [2.75, 3.05) is 7.11 Å². The standard InChI is InChI=1S/C11H8BrN3O2/c1-17-9-3-7-5(2-6(9)12)10-8(4-13-7)14-11(16)15-10/h2-4H,1H3,(H2,14,15,16). The lowest BCUT2D eigenvalue weighted by Gasteiger charge is -2.05. The van der Waals surface area contributed by atoms with Crippen LogP contribution in [0, 0.1) is 0 Å². The summed E-state index contributed by atoms with van der Waals surface area (Å²) in [5.74, 6) is 0.710. The number of nitrogens with one attached hydrogen (secondary N) is 2. The third-order valence-corrected chi connectivity index (χ3v) is 3.25. The number of H-pyrrole nitrogens is 2. The number of fused-ring (bicyclic) bond motifs is 3. The van der Waals surface area contributed by atoms with Gasteiger partial charge in [0.2, 0.25) is 0 Å². The maximum atomic E-state index is 11.3. The second-order valence-electron chi connectivity index (χ2n) is 3.63. The summed E-state index contributed by atoms with van der Waals surface area (Å²) in [6, 6.07) is 3.71. The molecule has 0 atom stereocenters. The van der Waals surface area contributed by atoms with Gasteiger partial charge < -0.3 is 14.7 Å². The maximum Gasteiger partial charge on any atom is 0.323 e. The van der Waals surface area contributed by atoms with Crippen molar-refractivity contribution >= 4 is 37.9 Å². The molecule has 0 aliphatic carbocycles.